The number of aromatic nitrogens is 1. The number of H-pyrrole nitrogens is 1. The van der Waals surface area contributed by atoms with Crippen molar-refractivity contribution in [2.75, 3.05) is 0 Å². The lowest BCUT2D eigenvalue weighted by atomic mass is 10.1. The molecule has 0 atom stereocenters. The van der Waals surface area contributed by atoms with Gasteiger partial charge in [-0.3, -0.25) is 4.79 Å². The highest BCUT2D eigenvalue weighted by Crippen LogP contribution is 2.23. The van der Waals surface area contributed by atoms with E-state index >= 15 is 0 Å². The van der Waals surface area contributed by atoms with Crippen molar-refractivity contribution in [2.45, 2.75) is 26.4 Å². The summed E-state index contributed by atoms with van der Waals surface area (Å²) in [6.07, 6.45) is 2.32. The highest BCUT2D eigenvalue weighted by molar-refractivity contribution is 6.10. The second kappa shape index (κ2) is 4.29. The van der Waals surface area contributed by atoms with Crippen LogP contribution in [0.4, 0.5) is 0 Å². The maximum Gasteiger partial charge on any atom is 0.340 e. The first-order valence-electron chi connectivity index (χ1n) is 5.71. The van der Waals surface area contributed by atoms with E-state index < -0.39 is 11.6 Å². The van der Waals surface area contributed by atoms with Crippen molar-refractivity contribution < 1.29 is 14.3 Å². The van der Waals surface area contributed by atoms with Crippen LogP contribution < -0.4 is 0 Å². The molecule has 0 bridgehead atoms. The van der Waals surface area contributed by atoms with Crippen LogP contribution in [0.3, 0.4) is 0 Å². The average Bonchev–Trinajstić information content (AvgIpc) is 2.70. The number of hydrogen-bond donors (Lipinski definition) is 1. The summed E-state index contributed by atoms with van der Waals surface area (Å²) in [5, 5.41) is 0.613. The SMILES string of the molecule is CC(C)(C)OC(=O)c1c[nH]c2cccc(C=O)c12. The summed E-state index contributed by atoms with van der Waals surface area (Å²) in [7, 11) is 0. The fourth-order valence-electron chi connectivity index (χ4n) is 1.81. The van der Waals surface area contributed by atoms with E-state index in [1.54, 1.807) is 39.1 Å². The summed E-state index contributed by atoms with van der Waals surface area (Å²) in [5.74, 6) is -0.428. The van der Waals surface area contributed by atoms with Crippen LogP contribution in [0.15, 0.2) is 24.4 Å². The first-order valence-corrected chi connectivity index (χ1v) is 5.71. The van der Waals surface area contributed by atoms with Gasteiger partial charge in [0.1, 0.15) is 5.60 Å². The molecule has 0 unspecified atom stereocenters. The Balaban J connectivity index is 2.52. The van der Waals surface area contributed by atoms with Crippen molar-refractivity contribution in [2.24, 2.45) is 0 Å². The van der Waals surface area contributed by atoms with Gasteiger partial charge in [0.05, 0.1) is 5.56 Å². The summed E-state index contributed by atoms with van der Waals surface area (Å²) >= 11 is 0. The van der Waals surface area contributed by atoms with Crippen LogP contribution in [0.1, 0.15) is 41.5 Å². The Hall–Kier alpha value is -2.10. The molecule has 0 saturated heterocycles. The lowest BCUT2D eigenvalue weighted by Gasteiger charge is -2.19. The molecule has 1 aromatic heterocycles. The largest absolute Gasteiger partial charge is 0.456 e. The molecule has 0 aliphatic heterocycles. The average molecular weight is 245 g/mol. The highest BCUT2D eigenvalue weighted by Gasteiger charge is 2.21. The lowest BCUT2D eigenvalue weighted by molar-refractivity contribution is 0.00719. The van der Waals surface area contributed by atoms with Crippen LogP contribution in [-0.2, 0) is 4.74 Å². The molecular weight excluding hydrogens is 230 g/mol. The molecule has 0 fully saturated rings. The number of ether oxygens (including phenoxy) is 1. The zero-order valence-electron chi connectivity index (χ0n) is 10.6. The predicted octanol–water partition coefficient (Wildman–Crippen LogP) is 2.94. The molecule has 0 aliphatic rings. The fraction of sp³-hybridized carbons (Fsp3) is 0.286. The fourth-order valence-corrected chi connectivity index (χ4v) is 1.81. The summed E-state index contributed by atoms with van der Waals surface area (Å²) < 4.78 is 5.31. The Morgan fingerprint density at radius 3 is 2.67 bits per heavy atom. The van der Waals surface area contributed by atoms with Crippen LogP contribution in [-0.4, -0.2) is 22.8 Å². The number of hydrogen-bond acceptors (Lipinski definition) is 3. The van der Waals surface area contributed by atoms with Crippen LogP contribution in [0.5, 0.6) is 0 Å². The third-order valence-electron chi connectivity index (χ3n) is 2.48. The van der Waals surface area contributed by atoms with Gasteiger partial charge in [-0.25, -0.2) is 4.79 Å². The first-order chi connectivity index (χ1) is 8.42. The van der Waals surface area contributed by atoms with Crippen molar-refractivity contribution in [3.8, 4) is 0 Å². The van der Waals surface area contributed by atoms with E-state index in [-0.39, 0.29) is 0 Å². The molecule has 4 heteroatoms. The summed E-state index contributed by atoms with van der Waals surface area (Å²) in [6.45, 7) is 5.42. The van der Waals surface area contributed by atoms with E-state index in [9.17, 15) is 9.59 Å². The van der Waals surface area contributed by atoms with Gasteiger partial charge in [-0.15, -0.1) is 0 Å². The number of nitrogens with one attached hydrogen (secondary N) is 1. The normalized spacial score (nSPS) is 11.5. The molecule has 18 heavy (non-hydrogen) atoms. The number of carbonyl (C=O) groups excluding carboxylic acids is 2. The molecule has 0 radical (unpaired) electrons. The first kappa shape index (κ1) is 12.4. The zero-order chi connectivity index (χ0) is 13.3. The molecule has 0 amide bonds. The summed E-state index contributed by atoms with van der Waals surface area (Å²) in [5.41, 5.74) is 1.06. The molecule has 0 saturated carbocycles. The van der Waals surface area contributed by atoms with Gasteiger partial charge in [-0.1, -0.05) is 12.1 Å². The minimum absolute atomic E-state index is 0.391. The number of esters is 1. The maximum absolute atomic E-state index is 12.0. The van der Waals surface area contributed by atoms with E-state index in [1.807, 2.05) is 6.07 Å². The van der Waals surface area contributed by atoms with Crippen molar-refractivity contribution in [3.63, 3.8) is 0 Å². The molecule has 2 aromatic rings. The van der Waals surface area contributed by atoms with E-state index in [1.165, 1.54) is 0 Å². The molecular formula is C14H15NO3. The second-order valence-corrected chi connectivity index (χ2v) is 5.09. The van der Waals surface area contributed by atoms with E-state index in [0.717, 1.165) is 11.8 Å². The van der Waals surface area contributed by atoms with Gasteiger partial charge >= 0.3 is 5.97 Å². The quantitative estimate of drug-likeness (QED) is 0.653. The Morgan fingerprint density at radius 2 is 2.06 bits per heavy atom. The van der Waals surface area contributed by atoms with Gasteiger partial charge in [0.2, 0.25) is 0 Å². The van der Waals surface area contributed by atoms with E-state index in [4.69, 9.17) is 4.74 Å². The van der Waals surface area contributed by atoms with Crippen LogP contribution in [0.2, 0.25) is 0 Å². The van der Waals surface area contributed by atoms with Crippen molar-refractivity contribution in [3.05, 3.63) is 35.5 Å². The number of rotatable bonds is 2. The topological polar surface area (TPSA) is 59.2 Å². The van der Waals surface area contributed by atoms with E-state index in [0.29, 0.717) is 16.5 Å². The van der Waals surface area contributed by atoms with Crippen LogP contribution >= 0.6 is 0 Å². The van der Waals surface area contributed by atoms with Crippen molar-refractivity contribution in [1.82, 2.24) is 4.98 Å². The third kappa shape index (κ3) is 2.27. The minimum atomic E-state index is -0.559. The van der Waals surface area contributed by atoms with Crippen molar-refractivity contribution >= 4 is 23.2 Å². The molecule has 4 nitrogen and oxygen atoms in total. The highest BCUT2D eigenvalue weighted by atomic mass is 16.6. The van der Waals surface area contributed by atoms with Gasteiger partial charge < -0.3 is 9.72 Å². The standard InChI is InChI=1S/C14H15NO3/c1-14(2,3)18-13(17)10-7-15-11-6-4-5-9(8-16)12(10)11/h4-8,15H,1-3H3. The number of fused-ring (bicyclic) bond motifs is 1. The van der Waals surface area contributed by atoms with Gasteiger partial charge in [-0.05, 0) is 26.8 Å². The number of carbonyl (C=O) groups is 2. The molecule has 1 heterocycles. The third-order valence-corrected chi connectivity index (χ3v) is 2.48. The van der Waals surface area contributed by atoms with Crippen LogP contribution in [0, 0.1) is 0 Å². The molecule has 0 spiro atoms. The monoisotopic (exact) mass is 245 g/mol. The molecule has 94 valence electrons. The predicted molar refractivity (Wildman–Crippen MR) is 68.9 cm³/mol. The second-order valence-electron chi connectivity index (χ2n) is 5.09. The van der Waals surface area contributed by atoms with Gasteiger partial charge in [0.25, 0.3) is 0 Å². The molecule has 0 aliphatic carbocycles. The molecule has 2 rings (SSSR count). The zero-order valence-corrected chi connectivity index (χ0v) is 10.6. The van der Waals surface area contributed by atoms with Crippen molar-refractivity contribution in [1.29, 1.82) is 0 Å². The van der Waals surface area contributed by atoms with Gasteiger partial charge in [0.15, 0.2) is 6.29 Å². The molecule has 1 N–H and O–H groups in total. The van der Waals surface area contributed by atoms with Crippen LogP contribution in [0.25, 0.3) is 10.9 Å². The smallest absolute Gasteiger partial charge is 0.340 e. The lowest BCUT2D eigenvalue weighted by Crippen LogP contribution is -2.23. The number of benzene rings is 1. The Labute approximate surface area is 105 Å². The minimum Gasteiger partial charge on any atom is -0.456 e. The maximum atomic E-state index is 12.0. The Morgan fingerprint density at radius 1 is 1.33 bits per heavy atom. The van der Waals surface area contributed by atoms with Gasteiger partial charge in [-0.2, -0.15) is 0 Å². The number of aldehydes is 1. The Kier molecular flexibility index (Phi) is 2.95. The van der Waals surface area contributed by atoms with E-state index in [2.05, 4.69) is 4.98 Å². The summed E-state index contributed by atoms with van der Waals surface area (Å²) in [6, 6.07) is 5.26. The Bertz CT molecular complexity index is 605. The number of aromatic amines is 1. The van der Waals surface area contributed by atoms with Gasteiger partial charge in [0, 0.05) is 22.7 Å². The summed E-state index contributed by atoms with van der Waals surface area (Å²) in [4.78, 5) is 26.0. The molecule has 1 aromatic carbocycles.